The molecule has 0 fully saturated rings. The predicted molar refractivity (Wildman–Crippen MR) is 58.3 cm³/mol. The molecule has 0 aliphatic carbocycles. The van der Waals surface area contributed by atoms with Gasteiger partial charge in [-0.15, -0.1) is 0 Å². The van der Waals surface area contributed by atoms with Crippen molar-refractivity contribution < 1.29 is 47.6 Å². The van der Waals surface area contributed by atoms with Gasteiger partial charge in [0.2, 0.25) is 0 Å². The Hall–Kier alpha value is -0.590. The topological polar surface area (TPSA) is 77.4 Å². The number of hydrogen-bond donors (Lipinski definition) is 1. The Balaban J connectivity index is 0.00000144. The summed E-state index contributed by atoms with van der Waals surface area (Å²) < 4.78 is 32.5. The zero-order valence-corrected chi connectivity index (χ0v) is 12.3. The molecular weight excluding hydrogens is 251 g/mol. The molecule has 0 radical (unpaired) electrons. The van der Waals surface area contributed by atoms with E-state index in [1.807, 2.05) is 6.92 Å². The van der Waals surface area contributed by atoms with Crippen LogP contribution in [0.3, 0.4) is 0 Å². The van der Waals surface area contributed by atoms with E-state index in [9.17, 15) is 18.1 Å². The fourth-order valence-corrected chi connectivity index (χ4v) is 2.11. The van der Waals surface area contributed by atoms with E-state index in [0.29, 0.717) is 10.8 Å². The van der Waals surface area contributed by atoms with Crippen LogP contribution in [-0.2, 0) is 10.1 Å². The summed E-state index contributed by atoms with van der Waals surface area (Å²) in [4.78, 5) is -0.414. The molecule has 0 saturated heterocycles. The fraction of sp³-hybridized carbons (Fsp3) is 0.0909. The van der Waals surface area contributed by atoms with Crippen LogP contribution in [0.4, 0.5) is 0 Å². The van der Waals surface area contributed by atoms with E-state index in [1.54, 1.807) is 18.2 Å². The van der Waals surface area contributed by atoms with Crippen LogP contribution < -0.4 is 29.6 Å². The molecule has 0 aliphatic rings. The Kier molecular flexibility index (Phi) is 4.22. The normalized spacial score (nSPS) is 11.2. The predicted octanol–water partition coefficient (Wildman–Crippen LogP) is -1.24. The van der Waals surface area contributed by atoms with Crippen molar-refractivity contribution in [3.63, 3.8) is 0 Å². The quantitative estimate of drug-likeness (QED) is 0.514. The molecule has 0 heterocycles. The SMILES string of the molecule is Cc1ccc2c(O)cc(S(=O)(=O)[O-])cc2c1.[Na+]. The van der Waals surface area contributed by atoms with Crippen LogP contribution in [0.1, 0.15) is 5.56 Å². The number of benzene rings is 2. The van der Waals surface area contributed by atoms with Crippen LogP contribution in [0.5, 0.6) is 5.75 Å². The Morgan fingerprint density at radius 2 is 1.82 bits per heavy atom. The summed E-state index contributed by atoms with van der Waals surface area (Å²) in [5.74, 6) is -0.202. The second-order valence-electron chi connectivity index (χ2n) is 3.62. The Morgan fingerprint density at radius 3 is 2.41 bits per heavy atom. The van der Waals surface area contributed by atoms with Crippen LogP contribution in [0.2, 0.25) is 0 Å². The van der Waals surface area contributed by atoms with Gasteiger partial charge in [-0.3, -0.25) is 0 Å². The van der Waals surface area contributed by atoms with E-state index in [0.717, 1.165) is 11.6 Å². The first kappa shape index (κ1) is 14.5. The maximum atomic E-state index is 10.8. The van der Waals surface area contributed by atoms with Crippen LogP contribution >= 0.6 is 0 Å². The van der Waals surface area contributed by atoms with Gasteiger partial charge in [0.1, 0.15) is 15.9 Å². The minimum atomic E-state index is -4.54. The molecule has 0 bridgehead atoms. The van der Waals surface area contributed by atoms with Crippen LogP contribution in [0.15, 0.2) is 35.2 Å². The standard InChI is InChI=1S/C11H10O4S.Na/c1-7-2-3-10-8(4-7)5-9(6-11(10)12)16(13,14)15;/h2-6,12H,1H3,(H,13,14,15);/q;+1/p-1. The minimum Gasteiger partial charge on any atom is -0.744 e. The van der Waals surface area contributed by atoms with Gasteiger partial charge in [0.05, 0.1) is 4.90 Å². The van der Waals surface area contributed by atoms with E-state index in [4.69, 9.17) is 0 Å². The summed E-state index contributed by atoms with van der Waals surface area (Å²) in [6.45, 7) is 1.84. The van der Waals surface area contributed by atoms with E-state index >= 15 is 0 Å². The van der Waals surface area contributed by atoms with Gasteiger partial charge >= 0.3 is 29.6 Å². The molecule has 0 spiro atoms. The van der Waals surface area contributed by atoms with E-state index in [1.165, 1.54) is 6.07 Å². The third kappa shape index (κ3) is 3.00. The number of hydrogen-bond acceptors (Lipinski definition) is 4. The number of aromatic hydroxyl groups is 1. The third-order valence-corrected chi connectivity index (χ3v) is 3.16. The van der Waals surface area contributed by atoms with E-state index < -0.39 is 15.0 Å². The summed E-state index contributed by atoms with van der Waals surface area (Å²) in [6, 6.07) is 7.43. The molecule has 0 unspecified atom stereocenters. The maximum Gasteiger partial charge on any atom is 1.00 e. The zero-order chi connectivity index (χ0) is 11.9. The molecule has 0 saturated carbocycles. The largest absolute Gasteiger partial charge is 1.00 e. The van der Waals surface area contributed by atoms with E-state index in [-0.39, 0.29) is 35.3 Å². The molecule has 2 aromatic carbocycles. The first-order valence-corrected chi connectivity index (χ1v) is 5.98. The molecule has 0 atom stereocenters. The first-order valence-electron chi connectivity index (χ1n) is 4.57. The number of phenols is 1. The van der Waals surface area contributed by atoms with Crippen molar-refractivity contribution in [1.82, 2.24) is 0 Å². The van der Waals surface area contributed by atoms with Gasteiger partial charge in [-0.25, -0.2) is 8.42 Å². The Labute approximate surface area is 121 Å². The van der Waals surface area contributed by atoms with Crippen molar-refractivity contribution in [2.45, 2.75) is 11.8 Å². The summed E-state index contributed by atoms with van der Waals surface area (Å²) in [7, 11) is -4.54. The average molecular weight is 260 g/mol. The molecule has 2 rings (SSSR count). The maximum absolute atomic E-state index is 10.8. The van der Waals surface area contributed by atoms with Crippen molar-refractivity contribution in [3.8, 4) is 5.75 Å². The van der Waals surface area contributed by atoms with E-state index in [2.05, 4.69) is 0 Å². The Morgan fingerprint density at radius 1 is 1.18 bits per heavy atom. The molecule has 84 valence electrons. The number of rotatable bonds is 1. The number of fused-ring (bicyclic) bond motifs is 1. The minimum absolute atomic E-state index is 0. The van der Waals surface area contributed by atoms with Gasteiger partial charge in [0.15, 0.2) is 0 Å². The molecule has 2 aromatic rings. The second-order valence-corrected chi connectivity index (χ2v) is 5.00. The fourth-order valence-electron chi connectivity index (χ4n) is 1.59. The first-order chi connectivity index (χ1) is 7.38. The molecule has 0 amide bonds. The summed E-state index contributed by atoms with van der Waals surface area (Å²) in [5, 5.41) is 10.7. The van der Waals surface area contributed by atoms with Crippen LogP contribution in [-0.4, -0.2) is 18.1 Å². The van der Waals surface area contributed by atoms with Gasteiger partial charge < -0.3 is 9.66 Å². The summed E-state index contributed by atoms with van der Waals surface area (Å²) >= 11 is 0. The van der Waals surface area contributed by atoms with Crippen molar-refractivity contribution in [3.05, 3.63) is 35.9 Å². The molecule has 0 aliphatic heterocycles. The molecular formula is C11H9NaO4S. The third-order valence-electron chi connectivity index (χ3n) is 2.35. The van der Waals surface area contributed by atoms with Gasteiger partial charge in [0.25, 0.3) is 0 Å². The van der Waals surface area contributed by atoms with Crippen LogP contribution in [0, 0.1) is 6.92 Å². The zero-order valence-electron chi connectivity index (χ0n) is 9.47. The van der Waals surface area contributed by atoms with Gasteiger partial charge in [0, 0.05) is 5.39 Å². The molecule has 0 aromatic heterocycles. The van der Waals surface area contributed by atoms with Gasteiger partial charge in [-0.2, -0.15) is 0 Å². The molecule has 4 nitrogen and oxygen atoms in total. The van der Waals surface area contributed by atoms with Crippen molar-refractivity contribution in [2.75, 3.05) is 0 Å². The summed E-state index contributed by atoms with van der Waals surface area (Å²) in [6.07, 6.45) is 0. The second kappa shape index (κ2) is 4.96. The van der Waals surface area contributed by atoms with Gasteiger partial charge in [-0.1, -0.05) is 23.8 Å². The van der Waals surface area contributed by atoms with Crippen molar-refractivity contribution >= 4 is 20.9 Å². The smallest absolute Gasteiger partial charge is 0.744 e. The number of phenolic OH excluding ortho intramolecular Hbond substituents is 1. The van der Waals surface area contributed by atoms with Crippen molar-refractivity contribution in [1.29, 1.82) is 0 Å². The summed E-state index contributed by atoms with van der Waals surface area (Å²) in [5.41, 5.74) is 0.923. The van der Waals surface area contributed by atoms with Crippen molar-refractivity contribution in [2.24, 2.45) is 0 Å². The molecule has 6 heteroatoms. The molecule has 17 heavy (non-hydrogen) atoms. The monoisotopic (exact) mass is 260 g/mol. The van der Waals surface area contributed by atoms with Gasteiger partial charge in [-0.05, 0) is 24.4 Å². The Bertz CT molecular complexity index is 664. The number of aryl methyl sites for hydroxylation is 1. The van der Waals surface area contributed by atoms with Crippen LogP contribution in [0.25, 0.3) is 10.8 Å². The average Bonchev–Trinajstić information content (AvgIpc) is 2.15. The molecule has 1 N–H and O–H groups in total.